The van der Waals surface area contributed by atoms with Gasteiger partial charge in [-0.25, -0.2) is 8.42 Å². The molecule has 1 amide bonds. The lowest BCUT2D eigenvalue weighted by molar-refractivity contribution is -0.122. The van der Waals surface area contributed by atoms with Gasteiger partial charge in [0.05, 0.1) is 4.90 Å². The normalized spacial score (nSPS) is 12.3. The van der Waals surface area contributed by atoms with Crippen molar-refractivity contribution in [2.24, 2.45) is 5.73 Å². The van der Waals surface area contributed by atoms with E-state index in [-0.39, 0.29) is 11.4 Å². The third-order valence-corrected chi connectivity index (χ3v) is 7.66. The molecule has 4 aromatic rings. The number of nitrogens with zero attached hydrogens (tertiary/aromatic N) is 1. The van der Waals surface area contributed by atoms with Crippen LogP contribution in [0.4, 0.5) is 0 Å². The Kier molecular flexibility index (Phi) is 8.05. The van der Waals surface area contributed by atoms with Gasteiger partial charge in [0.25, 0.3) is 0 Å². The molecular weight excluding hydrogens is 496 g/mol. The average Bonchev–Trinajstić information content (AvgIpc) is 2.89. The van der Waals surface area contributed by atoms with Crippen molar-refractivity contribution in [1.82, 2.24) is 4.31 Å². The number of rotatable bonds is 10. The summed E-state index contributed by atoms with van der Waals surface area (Å²) in [7, 11) is -4.14. The Balaban J connectivity index is 1.70. The second-order valence-corrected chi connectivity index (χ2v) is 10.5. The first-order valence-electron chi connectivity index (χ1n) is 11.2. The first-order valence-corrected chi connectivity index (χ1v) is 13.0. The highest BCUT2D eigenvalue weighted by molar-refractivity contribution is 7.89. The zero-order chi connectivity index (χ0) is 25.5. The van der Waals surface area contributed by atoms with Gasteiger partial charge in [0, 0.05) is 11.6 Å². The summed E-state index contributed by atoms with van der Waals surface area (Å²) >= 11 is 5.97. The van der Waals surface area contributed by atoms with E-state index in [1.807, 2.05) is 30.3 Å². The fraction of sp³-hybridized carbons (Fsp3) is 0.107. The van der Waals surface area contributed by atoms with Crippen molar-refractivity contribution in [2.75, 3.05) is 0 Å². The number of amides is 1. The van der Waals surface area contributed by atoms with Crippen molar-refractivity contribution < 1.29 is 17.9 Å². The molecule has 0 unspecified atom stereocenters. The Morgan fingerprint density at radius 2 is 1.44 bits per heavy atom. The summed E-state index contributed by atoms with van der Waals surface area (Å²) in [6, 6.07) is 30.0. The molecule has 0 radical (unpaired) electrons. The Morgan fingerprint density at radius 1 is 0.833 bits per heavy atom. The van der Waals surface area contributed by atoms with Crippen molar-refractivity contribution >= 4 is 27.5 Å². The molecule has 8 heteroatoms. The molecule has 6 nitrogen and oxygen atoms in total. The predicted molar refractivity (Wildman–Crippen MR) is 140 cm³/mol. The minimum Gasteiger partial charge on any atom is -0.489 e. The van der Waals surface area contributed by atoms with Crippen molar-refractivity contribution in [2.45, 2.75) is 24.1 Å². The molecular formula is C28H25ClN2O4S. The van der Waals surface area contributed by atoms with Crippen molar-refractivity contribution in [3.63, 3.8) is 0 Å². The molecule has 4 aromatic carbocycles. The lowest BCUT2D eigenvalue weighted by atomic mass is 10.1. The molecule has 0 saturated heterocycles. The molecule has 0 saturated carbocycles. The van der Waals surface area contributed by atoms with E-state index in [0.29, 0.717) is 28.5 Å². The number of ether oxygens (including phenoxy) is 1. The van der Waals surface area contributed by atoms with Gasteiger partial charge < -0.3 is 10.5 Å². The fourth-order valence-corrected chi connectivity index (χ4v) is 5.52. The summed E-state index contributed by atoms with van der Waals surface area (Å²) in [5, 5.41) is 0.401. The zero-order valence-corrected chi connectivity index (χ0v) is 20.9. The molecule has 1 atom stereocenters. The summed E-state index contributed by atoms with van der Waals surface area (Å²) in [4.78, 5) is 12.7. The van der Waals surface area contributed by atoms with E-state index < -0.39 is 22.0 Å². The molecule has 0 aliphatic rings. The van der Waals surface area contributed by atoms with Crippen LogP contribution >= 0.6 is 11.6 Å². The van der Waals surface area contributed by atoms with Gasteiger partial charge in [0.1, 0.15) is 18.4 Å². The molecule has 0 aliphatic carbocycles. The molecule has 0 fully saturated rings. The van der Waals surface area contributed by atoms with Gasteiger partial charge in [-0.1, -0.05) is 84.4 Å². The number of carbonyl (C=O) groups is 1. The summed E-state index contributed by atoms with van der Waals surface area (Å²) < 4.78 is 34.6. The molecule has 0 aromatic heterocycles. The quantitative estimate of drug-likeness (QED) is 0.306. The number of nitrogens with two attached hydrogens (primary N) is 1. The highest BCUT2D eigenvalue weighted by Gasteiger charge is 2.36. The van der Waals surface area contributed by atoms with Crippen LogP contribution < -0.4 is 10.5 Å². The summed E-state index contributed by atoms with van der Waals surface area (Å²) in [6.07, 6.45) is 0. The number of sulfonamides is 1. The van der Waals surface area contributed by atoms with Crippen LogP contribution in [0.5, 0.6) is 5.75 Å². The third-order valence-electron chi connectivity index (χ3n) is 5.58. The van der Waals surface area contributed by atoms with E-state index in [2.05, 4.69) is 0 Å². The van der Waals surface area contributed by atoms with E-state index in [0.717, 1.165) is 9.87 Å². The number of primary amides is 1. The second-order valence-electron chi connectivity index (χ2n) is 8.14. The maximum absolute atomic E-state index is 13.8. The van der Waals surface area contributed by atoms with Crippen molar-refractivity contribution in [1.29, 1.82) is 0 Å². The monoisotopic (exact) mass is 520 g/mol. The number of carbonyl (C=O) groups excluding carboxylic acids is 1. The summed E-state index contributed by atoms with van der Waals surface area (Å²) in [6.45, 7) is 0.265. The van der Waals surface area contributed by atoms with E-state index in [9.17, 15) is 13.2 Å². The first-order chi connectivity index (χ1) is 17.3. The van der Waals surface area contributed by atoms with Crippen molar-refractivity contribution in [3.8, 4) is 5.75 Å². The average molecular weight is 521 g/mol. The Hall–Kier alpha value is -3.65. The highest BCUT2D eigenvalue weighted by Crippen LogP contribution is 2.31. The molecule has 184 valence electrons. The second kappa shape index (κ2) is 11.4. The molecule has 2 N–H and O–H groups in total. The molecule has 4 rings (SSSR count). The number of hydrogen-bond donors (Lipinski definition) is 1. The topological polar surface area (TPSA) is 89.7 Å². The van der Waals surface area contributed by atoms with Gasteiger partial charge in [-0.05, 0) is 53.1 Å². The predicted octanol–water partition coefficient (Wildman–Crippen LogP) is 5.34. The Bertz CT molecular complexity index is 1410. The SMILES string of the molecule is NC(=O)[C@@H](c1ccccc1)N(Cc1cccc(OCc2ccccc2)c1)S(=O)(=O)c1ccc(Cl)cc1. The van der Waals surface area contributed by atoms with Gasteiger partial charge in [-0.3, -0.25) is 4.79 Å². The maximum atomic E-state index is 13.8. The zero-order valence-electron chi connectivity index (χ0n) is 19.3. The number of hydrogen-bond acceptors (Lipinski definition) is 4. The van der Waals surface area contributed by atoms with Crippen LogP contribution in [0.25, 0.3) is 0 Å². The van der Waals surface area contributed by atoms with Gasteiger partial charge >= 0.3 is 0 Å². The lowest BCUT2D eigenvalue weighted by Crippen LogP contribution is -2.41. The Labute approximate surface area is 216 Å². The fourth-order valence-electron chi connectivity index (χ4n) is 3.82. The third kappa shape index (κ3) is 6.12. The van der Waals surface area contributed by atoms with Crippen LogP contribution in [-0.4, -0.2) is 18.6 Å². The number of halogens is 1. The first kappa shape index (κ1) is 25.4. The molecule has 36 heavy (non-hydrogen) atoms. The van der Waals surface area contributed by atoms with E-state index in [1.165, 1.54) is 24.3 Å². The van der Waals surface area contributed by atoms with Gasteiger partial charge in [0.2, 0.25) is 15.9 Å². The molecule has 0 heterocycles. The van der Waals surface area contributed by atoms with Crippen LogP contribution in [-0.2, 0) is 28.0 Å². The van der Waals surface area contributed by atoms with Crippen LogP contribution in [0, 0.1) is 0 Å². The van der Waals surface area contributed by atoms with E-state index in [4.69, 9.17) is 22.1 Å². The van der Waals surface area contributed by atoms with Gasteiger partial charge in [-0.15, -0.1) is 0 Å². The highest BCUT2D eigenvalue weighted by atomic mass is 35.5. The summed E-state index contributed by atoms with van der Waals surface area (Å²) in [5.41, 5.74) is 7.89. The summed E-state index contributed by atoms with van der Waals surface area (Å²) in [5.74, 6) is -0.203. The molecule has 0 spiro atoms. The van der Waals surface area contributed by atoms with Gasteiger partial charge in [0.15, 0.2) is 0 Å². The standard InChI is InChI=1S/C28H25ClN2O4S/c29-24-14-16-26(17-15-24)36(33,34)31(27(28(30)32)23-11-5-2-6-12-23)19-22-10-7-13-25(18-22)35-20-21-8-3-1-4-9-21/h1-18,27H,19-20H2,(H2,30,32)/t27-/m1/s1. The van der Waals surface area contributed by atoms with Crippen LogP contribution in [0.3, 0.4) is 0 Å². The lowest BCUT2D eigenvalue weighted by Gasteiger charge is -2.29. The smallest absolute Gasteiger partial charge is 0.244 e. The largest absolute Gasteiger partial charge is 0.489 e. The molecule has 0 bridgehead atoms. The maximum Gasteiger partial charge on any atom is 0.244 e. The minimum absolute atomic E-state index is 0.00515. The minimum atomic E-state index is -4.14. The van der Waals surface area contributed by atoms with E-state index in [1.54, 1.807) is 54.6 Å². The van der Waals surface area contributed by atoms with Crippen molar-refractivity contribution in [3.05, 3.63) is 131 Å². The van der Waals surface area contributed by atoms with E-state index >= 15 is 0 Å². The van der Waals surface area contributed by atoms with Crippen LogP contribution in [0.2, 0.25) is 5.02 Å². The van der Waals surface area contributed by atoms with Gasteiger partial charge in [-0.2, -0.15) is 4.31 Å². The number of benzene rings is 4. The van der Waals surface area contributed by atoms with Crippen LogP contribution in [0.15, 0.2) is 114 Å². The molecule has 0 aliphatic heterocycles. The Morgan fingerprint density at radius 3 is 2.08 bits per heavy atom. The van der Waals surface area contributed by atoms with Crippen LogP contribution in [0.1, 0.15) is 22.7 Å².